The molecule has 0 aliphatic heterocycles. The van der Waals surface area contributed by atoms with E-state index in [0.29, 0.717) is 6.54 Å². The lowest BCUT2D eigenvalue weighted by Gasteiger charge is -2.14. The van der Waals surface area contributed by atoms with Crippen LogP contribution >= 0.6 is 0 Å². The number of hydrogen-bond acceptors (Lipinski definition) is 2. The minimum Gasteiger partial charge on any atom is -0.361 e. The molecule has 0 bridgehead atoms. The van der Waals surface area contributed by atoms with Crippen molar-refractivity contribution in [3.63, 3.8) is 0 Å². The van der Waals surface area contributed by atoms with Gasteiger partial charge < -0.3 is 15.6 Å². The number of hydrogen-bond donors (Lipinski definition) is 3. The van der Waals surface area contributed by atoms with Gasteiger partial charge >= 0.3 is 6.03 Å². The molecule has 0 saturated carbocycles. The van der Waals surface area contributed by atoms with Gasteiger partial charge in [-0.15, -0.1) is 0 Å². The highest BCUT2D eigenvalue weighted by molar-refractivity contribution is 5.86. The Morgan fingerprint density at radius 2 is 2.04 bits per heavy atom. The van der Waals surface area contributed by atoms with E-state index in [-0.39, 0.29) is 12.1 Å². The van der Waals surface area contributed by atoms with E-state index in [4.69, 9.17) is 0 Å². The van der Waals surface area contributed by atoms with Crippen molar-refractivity contribution >= 4 is 16.9 Å². The lowest BCUT2D eigenvalue weighted by Crippen LogP contribution is -2.38. The number of aryl methyl sites for hydroxylation is 1. The summed E-state index contributed by atoms with van der Waals surface area (Å²) in [7, 11) is 0. The zero-order valence-electron chi connectivity index (χ0n) is 14.0. The molecule has 1 atom stereocenters. The van der Waals surface area contributed by atoms with Crippen molar-refractivity contribution < 1.29 is 4.79 Å². The van der Waals surface area contributed by atoms with Crippen molar-refractivity contribution in [2.75, 3.05) is 6.54 Å². The number of urea groups is 1. The molecule has 0 spiro atoms. The maximum atomic E-state index is 12.0. The fourth-order valence-corrected chi connectivity index (χ4v) is 2.94. The number of nitrogens with one attached hydrogen (secondary N) is 3. The second kappa shape index (κ2) is 7.17. The summed E-state index contributed by atoms with van der Waals surface area (Å²) in [6, 6.07) is 9.82. The third-order valence-corrected chi connectivity index (χ3v) is 4.23. The molecule has 3 rings (SSSR count). The number of aromatic amines is 1. The number of carbonyl (C=O) groups excluding carboxylic acids is 1. The zero-order valence-corrected chi connectivity index (χ0v) is 14.0. The van der Waals surface area contributed by atoms with Crippen LogP contribution in [0, 0.1) is 6.92 Å². The summed E-state index contributed by atoms with van der Waals surface area (Å²) in [4.78, 5) is 19.3. The third-order valence-electron chi connectivity index (χ3n) is 4.23. The Kier molecular flexibility index (Phi) is 4.79. The van der Waals surface area contributed by atoms with Gasteiger partial charge in [0.1, 0.15) is 0 Å². The number of H-pyrrole nitrogens is 1. The third kappa shape index (κ3) is 3.56. The van der Waals surface area contributed by atoms with Crippen molar-refractivity contribution in [3.8, 4) is 0 Å². The number of carbonyl (C=O) groups is 1. The first-order valence-electron chi connectivity index (χ1n) is 8.15. The molecule has 0 aliphatic rings. The molecule has 0 fully saturated rings. The topological polar surface area (TPSA) is 69.8 Å². The molecule has 2 heterocycles. The maximum Gasteiger partial charge on any atom is 0.315 e. The lowest BCUT2D eigenvalue weighted by molar-refractivity contribution is 0.238. The summed E-state index contributed by atoms with van der Waals surface area (Å²) >= 11 is 0. The van der Waals surface area contributed by atoms with Crippen LogP contribution in [0.3, 0.4) is 0 Å². The molecule has 0 radical (unpaired) electrons. The minimum absolute atomic E-state index is 0.0525. The van der Waals surface area contributed by atoms with E-state index in [1.165, 1.54) is 16.5 Å². The van der Waals surface area contributed by atoms with Gasteiger partial charge in [0.25, 0.3) is 0 Å². The molecule has 0 unspecified atom stereocenters. The Bertz CT molecular complexity index is 826. The number of pyridine rings is 1. The Hall–Kier alpha value is -2.82. The van der Waals surface area contributed by atoms with E-state index >= 15 is 0 Å². The highest BCUT2D eigenvalue weighted by Crippen LogP contribution is 2.22. The molecule has 5 nitrogen and oxygen atoms in total. The van der Waals surface area contributed by atoms with Crippen LogP contribution < -0.4 is 10.6 Å². The molecule has 2 amide bonds. The first kappa shape index (κ1) is 16.1. The Labute approximate surface area is 141 Å². The molecular weight excluding hydrogens is 300 g/mol. The average molecular weight is 322 g/mol. The fraction of sp³-hybridized carbons (Fsp3) is 0.263. The van der Waals surface area contributed by atoms with Crippen molar-refractivity contribution in [1.29, 1.82) is 0 Å². The van der Waals surface area contributed by atoms with Crippen molar-refractivity contribution in [2.24, 2.45) is 0 Å². The molecule has 3 aromatic rings. The SMILES string of the molecule is Cc1cccc2[nH]cc(CCNC(=O)N[C@H](C)c3ccncc3)c12. The van der Waals surface area contributed by atoms with Gasteiger partial charge in [-0.25, -0.2) is 4.79 Å². The summed E-state index contributed by atoms with van der Waals surface area (Å²) in [5.41, 5.74) is 4.65. The van der Waals surface area contributed by atoms with Crippen molar-refractivity contribution in [2.45, 2.75) is 26.3 Å². The standard InChI is InChI=1S/C19H22N4O/c1-13-4-3-5-17-18(13)16(12-22-17)8-11-21-19(24)23-14(2)15-6-9-20-10-7-15/h3-7,9-10,12,14,22H,8,11H2,1-2H3,(H2,21,23,24)/t14-/m1/s1. The largest absolute Gasteiger partial charge is 0.361 e. The molecule has 0 aliphatic carbocycles. The Morgan fingerprint density at radius 3 is 2.83 bits per heavy atom. The van der Waals surface area contributed by atoms with Gasteiger partial charge in [-0.1, -0.05) is 12.1 Å². The van der Waals surface area contributed by atoms with Crippen molar-refractivity contribution in [3.05, 3.63) is 65.6 Å². The molecule has 5 heteroatoms. The van der Waals surface area contributed by atoms with Crippen LogP contribution in [0.1, 0.15) is 29.7 Å². The summed E-state index contributed by atoms with van der Waals surface area (Å²) in [5.74, 6) is 0. The van der Waals surface area contributed by atoms with Crippen LogP contribution in [0.25, 0.3) is 10.9 Å². The van der Waals surface area contributed by atoms with E-state index in [2.05, 4.69) is 39.7 Å². The van der Waals surface area contributed by atoms with Crippen LogP contribution in [0.4, 0.5) is 4.79 Å². The Morgan fingerprint density at radius 1 is 1.25 bits per heavy atom. The second-order valence-electron chi connectivity index (χ2n) is 5.96. The molecule has 3 N–H and O–H groups in total. The summed E-state index contributed by atoms with van der Waals surface area (Å²) in [6.07, 6.45) is 6.27. The lowest BCUT2D eigenvalue weighted by atomic mass is 10.1. The van der Waals surface area contributed by atoms with Crippen LogP contribution in [-0.2, 0) is 6.42 Å². The van der Waals surface area contributed by atoms with E-state index < -0.39 is 0 Å². The van der Waals surface area contributed by atoms with Gasteiger partial charge in [0.15, 0.2) is 0 Å². The fourth-order valence-electron chi connectivity index (χ4n) is 2.94. The van der Waals surface area contributed by atoms with Crippen LogP contribution in [-0.4, -0.2) is 22.5 Å². The minimum atomic E-state index is -0.157. The molecule has 0 saturated heterocycles. The summed E-state index contributed by atoms with van der Waals surface area (Å²) in [5, 5.41) is 7.12. The number of nitrogens with zero attached hydrogens (tertiary/aromatic N) is 1. The molecule has 24 heavy (non-hydrogen) atoms. The van der Waals surface area contributed by atoms with E-state index in [9.17, 15) is 4.79 Å². The van der Waals surface area contributed by atoms with E-state index in [1.54, 1.807) is 12.4 Å². The van der Waals surface area contributed by atoms with Gasteiger partial charge in [0, 0.05) is 36.0 Å². The van der Waals surface area contributed by atoms with E-state index in [1.807, 2.05) is 31.3 Å². The molecule has 2 aromatic heterocycles. The number of benzene rings is 1. The highest BCUT2D eigenvalue weighted by Gasteiger charge is 2.10. The van der Waals surface area contributed by atoms with Crippen LogP contribution in [0.2, 0.25) is 0 Å². The first-order valence-corrected chi connectivity index (χ1v) is 8.15. The average Bonchev–Trinajstić information content (AvgIpc) is 3.00. The van der Waals surface area contributed by atoms with E-state index in [0.717, 1.165) is 17.5 Å². The normalized spacial score (nSPS) is 12.1. The zero-order chi connectivity index (χ0) is 16.9. The van der Waals surface area contributed by atoms with Gasteiger partial charge in [0.2, 0.25) is 0 Å². The quantitative estimate of drug-likeness (QED) is 0.673. The van der Waals surface area contributed by atoms with Gasteiger partial charge in [0.05, 0.1) is 6.04 Å². The monoisotopic (exact) mass is 322 g/mol. The number of aromatic nitrogens is 2. The van der Waals surface area contributed by atoms with Gasteiger partial charge in [-0.3, -0.25) is 4.98 Å². The summed E-state index contributed by atoms with van der Waals surface area (Å²) < 4.78 is 0. The van der Waals surface area contributed by atoms with Crippen molar-refractivity contribution in [1.82, 2.24) is 20.6 Å². The smallest absolute Gasteiger partial charge is 0.315 e. The summed E-state index contributed by atoms with van der Waals surface area (Å²) in [6.45, 7) is 4.66. The maximum absolute atomic E-state index is 12.0. The Balaban J connectivity index is 1.53. The predicted octanol–water partition coefficient (Wildman–Crippen LogP) is 3.47. The predicted molar refractivity (Wildman–Crippen MR) is 95.9 cm³/mol. The molecule has 1 aromatic carbocycles. The number of rotatable bonds is 5. The van der Waals surface area contributed by atoms with Crippen LogP contribution in [0.15, 0.2) is 48.9 Å². The van der Waals surface area contributed by atoms with Gasteiger partial charge in [-0.05, 0) is 55.2 Å². The molecule has 124 valence electrons. The van der Waals surface area contributed by atoms with Crippen LogP contribution in [0.5, 0.6) is 0 Å². The number of amides is 2. The highest BCUT2D eigenvalue weighted by atomic mass is 16.2. The second-order valence-corrected chi connectivity index (χ2v) is 5.96. The number of fused-ring (bicyclic) bond motifs is 1. The molecular formula is C19H22N4O. The van der Waals surface area contributed by atoms with Gasteiger partial charge in [-0.2, -0.15) is 0 Å². The first-order chi connectivity index (χ1) is 11.6.